The molecule has 1 amide bonds. The fraction of sp³-hybridized carbons (Fsp3) is 0.300. The minimum Gasteiger partial charge on any atom is -0.478 e. The summed E-state index contributed by atoms with van der Waals surface area (Å²) in [5.41, 5.74) is 2.17. The van der Waals surface area contributed by atoms with Crippen molar-refractivity contribution in [2.75, 3.05) is 0 Å². The van der Waals surface area contributed by atoms with Crippen molar-refractivity contribution in [3.63, 3.8) is 0 Å². The Bertz CT molecular complexity index is 881. The van der Waals surface area contributed by atoms with E-state index in [1.807, 2.05) is 13.8 Å². The third-order valence-electron chi connectivity index (χ3n) is 4.72. The van der Waals surface area contributed by atoms with E-state index in [-0.39, 0.29) is 34.1 Å². The average Bonchev–Trinajstić information content (AvgIpc) is 2.99. The highest BCUT2D eigenvalue weighted by Crippen LogP contribution is 2.38. The van der Waals surface area contributed by atoms with Gasteiger partial charge in [-0.3, -0.25) is 4.79 Å². The van der Waals surface area contributed by atoms with Crippen LogP contribution in [-0.4, -0.2) is 27.9 Å². The number of carbonyl (C=O) groups is 2. The normalized spacial score (nSPS) is 15.8. The van der Waals surface area contributed by atoms with Crippen LogP contribution in [-0.2, 0) is 6.42 Å². The van der Waals surface area contributed by atoms with Crippen LogP contribution in [0.5, 0.6) is 0 Å². The quantitative estimate of drug-likeness (QED) is 0.841. The maximum atomic E-state index is 13.6. The molecule has 1 atom stereocenters. The largest absolute Gasteiger partial charge is 0.478 e. The Balaban J connectivity index is 2.03. The van der Waals surface area contributed by atoms with Gasteiger partial charge >= 0.3 is 5.97 Å². The summed E-state index contributed by atoms with van der Waals surface area (Å²) in [5.74, 6) is -1.89. The van der Waals surface area contributed by atoms with E-state index in [9.17, 15) is 19.1 Å². The van der Waals surface area contributed by atoms with Gasteiger partial charge in [-0.2, -0.15) is 0 Å². The highest BCUT2D eigenvalue weighted by Gasteiger charge is 2.34. The number of hydrogen-bond acceptors (Lipinski definition) is 2. The van der Waals surface area contributed by atoms with Crippen molar-refractivity contribution in [2.45, 2.75) is 38.8 Å². The highest BCUT2D eigenvalue weighted by atomic mass is 35.5. The first-order valence-electron chi connectivity index (χ1n) is 8.43. The SMILES string of the molecule is CC(C)N(C(=O)c1cc(F)ccc1Cl)[C@@H]1CCc2ccc(C(=O)O)cc21. The minimum absolute atomic E-state index is 0.114. The maximum Gasteiger partial charge on any atom is 0.335 e. The van der Waals surface area contributed by atoms with Gasteiger partial charge in [0.25, 0.3) is 5.91 Å². The lowest BCUT2D eigenvalue weighted by molar-refractivity contribution is 0.0605. The molecule has 0 radical (unpaired) electrons. The number of aromatic carboxylic acids is 1. The summed E-state index contributed by atoms with van der Waals surface area (Å²) in [4.78, 5) is 26.1. The Morgan fingerprint density at radius 1 is 1.23 bits per heavy atom. The number of benzene rings is 2. The Labute approximate surface area is 156 Å². The molecule has 0 saturated carbocycles. The molecule has 2 aromatic rings. The fourth-order valence-electron chi connectivity index (χ4n) is 3.54. The number of carbonyl (C=O) groups excluding carboxylic acids is 1. The second kappa shape index (κ2) is 7.08. The van der Waals surface area contributed by atoms with Crippen molar-refractivity contribution in [1.82, 2.24) is 4.90 Å². The van der Waals surface area contributed by atoms with E-state index in [1.54, 1.807) is 23.1 Å². The number of carboxylic acids is 1. The van der Waals surface area contributed by atoms with Crippen LogP contribution in [0, 0.1) is 5.82 Å². The van der Waals surface area contributed by atoms with Gasteiger partial charge in [0.1, 0.15) is 5.82 Å². The molecule has 3 rings (SSSR count). The van der Waals surface area contributed by atoms with Crippen molar-refractivity contribution in [3.05, 3.63) is 69.5 Å². The van der Waals surface area contributed by atoms with Gasteiger partial charge in [0.15, 0.2) is 0 Å². The van der Waals surface area contributed by atoms with Gasteiger partial charge in [0.05, 0.1) is 22.2 Å². The zero-order valence-corrected chi connectivity index (χ0v) is 15.3. The molecule has 26 heavy (non-hydrogen) atoms. The summed E-state index contributed by atoms with van der Waals surface area (Å²) in [6.45, 7) is 3.76. The number of carboxylic acid groups (broad SMARTS) is 1. The first-order chi connectivity index (χ1) is 12.3. The number of amides is 1. The van der Waals surface area contributed by atoms with Gasteiger partial charge < -0.3 is 10.0 Å². The lowest BCUT2D eigenvalue weighted by Gasteiger charge is -2.34. The van der Waals surface area contributed by atoms with Gasteiger partial charge in [-0.1, -0.05) is 17.7 Å². The van der Waals surface area contributed by atoms with Crippen molar-refractivity contribution in [3.8, 4) is 0 Å². The molecule has 1 aliphatic carbocycles. The molecular formula is C20H19ClFNO3. The van der Waals surface area contributed by atoms with Gasteiger partial charge in [-0.25, -0.2) is 9.18 Å². The number of fused-ring (bicyclic) bond motifs is 1. The minimum atomic E-state index is -1.01. The van der Waals surface area contributed by atoms with E-state index in [1.165, 1.54) is 12.1 Å². The van der Waals surface area contributed by atoms with Crippen LogP contribution in [0.25, 0.3) is 0 Å². The van der Waals surface area contributed by atoms with Gasteiger partial charge in [-0.05, 0) is 68.1 Å². The van der Waals surface area contributed by atoms with Gasteiger partial charge in [0.2, 0.25) is 0 Å². The van der Waals surface area contributed by atoms with Crippen LogP contribution in [0.3, 0.4) is 0 Å². The molecule has 0 heterocycles. The molecule has 1 N–H and O–H groups in total. The average molecular weight is 376 g/mol. The van der Waals surface area contributed by atoms with Crippen molar-refractivity contribution < 1.29 is 19.1 Å². The number of nitrogens with zero attached hydrogens (tertiary/aromatic N) is 1. The van der Waals surface area contributed by atoms with Crippen LogP contribution in [0.4, 0.5) is 4.39 Å². The van der Waals surface area contributed by atoms with Crippen LogP contribution in [0.15, 0.2) is 36.4 Å². The smallest absolute Gasteiger partial charge is 0.335 e. The van der Waals surface area contributed by atoms with E-state index in [4.69, 9.17) is 11.6 Å². The van der Waals surface area contributed by atoms with Crippen LogP contribution in [0.1, 0.15) is 58.2 Å². The topological polar surface area (TPSA) is 57.6 Å². The summed E-state index contributed by atoms with van der Waals surface area (Å²) in [6, 6.07) is 8.30. The van der Waals surface area contributed by atoms with E-state index < -0.39 is 11.8 Å². The molecule has 2 aromatic carbocycles. The Kier molecular flexibility index (Phi) is 5.01. The van der Waals surface area contributed by atoms with Crippen LogP contribution < -0.4 is 0 Å². The Hall–Kier alpha value is -2.40. The summed E-state index contributed by atoms with van der Waals surface area (Å²) in [5, 5.41) is 9.46. The van der Waals surface area contributed by atoms with Crippen LogP contribution in [0.2, 0.25) is 5.02 Å². The third-order valence-corrected chi connectivity index (χ3v) is 5.05. The number of halogens is 2. The van der Waals surface area contributed by atoms with Crippen molar-refractivity contribution in [2.24, 2.45) is 0 Å². The third kappa shape index (κ3) is 3.31. The second-order valence-electron chi connectivity index (χ2n) is 6.70. The molecule has 4 nitrogen and oxygen atoms in total. The van der Waals surface area contributed by atoms with E-state index in [0.29, 0.717) is 6.42 Å². The predicted molar refractivity (Wildman–Crippen MR) is 97.2 cm³/mol. The van der Waals surface area contributed by atoms with Gasteiger partial charge in [0, 0.05) is 6.04 Å². The lowest BCUT2D eigenvalue weighted by Crippen LogP contribution is -2.39. The fourth-order valence-corrected chi connectivity index (χ4v) is 3.74. The summed E-state index contributed by atoms with van der Waals surface area (Å²) in [6.07, 6.45) is 1.45. The molecule has 136 valence electrons. The first-order valence-corrected chi connectivity index (χ1v) is 8.81. The summed E-state index contributed by atoms with van der Waals surface area (Å²) >= 11 is 6.12. The highest BCUT2D eigenvalue weighted by molar-refractivity contribution is 6.33. The number of aryl methyl sites for hydroxylation is 1. The Morgan fingerprint density at radius 2 is 1.96 bits per heavy atom. The molecule has 1 aliphatic rings. The Morgan fingerprint density at radius 3 is 2.62 bits per heavy atom. The second-order valence-corrected chi connectivity index (χ2v) is 7.11. The van der Waals surface area contributed by atoms with Crippen molar-refractivity contribution >= 4 is 23.5 Å². The van der Waals surface area contributed by atoms with E-state index in [2.05, 4.69) is 0 Å². The monoisotopic (exact) mass is 375 g/mol. The number of hydrogen-bond donors (Lipinski definition) is 1. The number of rotatable bonds is 4. The molecule has 0 saturated heterocycles. The summed E-state index contributed by atoms with van der Waals surface area (Å²) in [7, 11) is 0. The zero-order valence-electron chi connectivity index (χ0n) is 14.5. The van der Waals surface area contributed by atoms with Gasteiger partial charge in [-0.15, -0.1) is 0 Å². The molecule has 0 unspecified atom stereocenters. The molecule has 0 fully saturated rings. The molecule has 0 spiro atoms. The molecule has 0 aromatic heterocycles. The molecule has 6 heteroatoms. The predicted octanol–water partition coefficient (Wildman–Crippen LogP) is 4.72. The molecule has 0 bridgehead atoms. The maximum absolute atomic E-state index is 13.6. The molecule has 0 aliphatic heterocycles. The van der Waals surface area contributed by atoms with Crippen molar-refractivity contribution in [1.29, 1.82) is 0 Å². The van der Waals surface area contributed by atoms with Crippen LogP contribution >= 0.6 is 11.6 Å². The first kappa shape index (κ1) is 18.4. The van der Waals surface area contributed by atoms with E-state index in [0.717, 1.165) is 23.6 Å². The molecular weight excluding hydrogens is 357 g/mol. The lowest BCUT2D eigenvalue weighted by atomic mass is 10.0. The summed E-state index contributed by atoms with van der Waals surface area (Å²) < 4.78 is 13.6. The zero-order chi connectivity index (χ0) is 19.0. The van der Waals surface area contributed by atoms with E-state index >= 15 is 0 Å². The standard InChI is InChI=1S/C20H19ClFNO3/c1-11(2)23(19(24)16-10-14(22)6-7-17(16)21)18-8-5-12-3-4-13(20(25)26)9-15(12)18/h3-4,6-7,9-11,18H,5,8H2,1-2H3,(H,25,26)/t18-/m1/s1.